The molecule has 0 spiro atoms. The summed E-state index contributed by atoms with van der Waals surface area (Å²) < 4.78 is 10.7. The van der Waals surface area contributed by atoms with Crippen LogP contribution in [-0.2, 0) is 16.0 Å². The predicted molar refractivity (Wildman–Crippen MR) is 145 cm³/mol. The lowest BCUT2D eigenvalue weighted by Crippen LogP contribution is -2.58. The smallest absolute Gasteiger partial charge is 0.303 e. The number of carbonyl (C=O) groups is 3. The Morgan fingerprint density at radius 1 is 0.895 bits per heavy atom. The number of nitrogens with two attached hydrogens (primary N) is 1. The molecule has 0 aromatic heterocycles. The highest BCUT2D eigenvalue weighted by molar-refractivity contribution is 5.98. The summed E-state index contributed by atoms with van der Waals surface area (Å²) >= 11 is 0. The molecule has 1 atom stereocenters. The third kappa shape index (κ3) is 6.70. The third-order valence-electron chi connectivity index (χ3n) is 6.47. The summed E-state index contributed by atoms with van der Waals surface area (Å²) in [5.41, 5.74) is 7.95. The Bertz CT molecular complexity index is 1270. The Kier molecular flexibility index (Phi) is 9.12. The summed E-state index contributed by atoms with van der Waals surface area (Å²) in [6.07, 6.45) is 0.0650. The van der Waals surface area contributed by atoms with E-state index >= 15 is 0 Å². The van der Waals surface area contributed by atoms with E-state index in [0.717, 1.165) is 16.7 Å². The molecule has 0 aliphatic heterocycles. The van der Waals surface area contributed by atoms with Crippen LogP contribution >= 0.6 is 0 Å². The maximum absolute atomic E-state index is 13.9. The summed E-state index contributed by atoms with van der Waals surface area (Å²) in [7, 11) is 3.13. The van der Waals surface area contributed by atoms with E-state index in [2.05, 4.69) is 0 Å². The largest absolute Gasteiger partial charge is 0.493 e. The van der Waals surface area contributed by atoms with Gasteiger partial charge in [-0.1, -0.05) is 48.5 Å². The quantitative estimate of drug-likeness (QED) is 0.363. The van der Waals surface area contributed by atoms with Crippen LogP contribution in [0.4, 0.5) is 0 Å². The van der Waals surface area contributed by atoms with Gasteiger partial charge in [0.05, 0.1) is 14.2 Å². The zero-order chi connectivity index (χ0) is 27.9. The Balaban J connectivity index is 1.98. The number of ether oxygens (including phenoxy) is 2. The number of hydrogen-bond acceptors (Lipinski definition) is 5. The van der Waals surface area contributed by atoms with Crippen LogP contribution in [0.3, 0.4) is 0 Å². The molecule has 0 aliphatic carbocycles. The number of nitrogens with zero attached hydrogens (tertiary/aromatic N) is 1. The van der Waals surface area contributed by atoms with E-state index in [1.165, 1.54) is 4.90 Å². The van der Waals surface area contributed by atoms with Gasteiger partial charge in [0.1, 0.15) is 6.04 Å². The van der Waals surface area contributed by atoms with Gasteiger partial charge in [0, 0.05) is 17.5 Å². The first kappa shape index (κ1) is 28.2. The molecule has 0 aliphatic rings. The number of carbonyl (C=O) groups excluding carboxylic acids is 2. The third-order valence-corrected chi connectivity index (χ3v) is 6.47. The lowest BCUT2D eigenvalue weighted by molar-refractivity contribution is -0.137. The molecule has 0 heterocycles. The first-order valence-corrected chi connectivity index (χ1v) is 12.3. The topological polar surface area (TPSA) is 119 Å². The maximum atomic E-state index is 13.9. The molecule has 8 heteroatoms. The fraction of sp³-hybridized carbons (Fsp3) is 0.300. The summed E-state index contributed by atoms with van der Waals surface area (Å²) in [4.78, 5) is 39.2. The number of rotatable bonds is 12. The molecule has 2 amide bonds. The summed E-state index contributed by atoms with van der Waals surface area (Å²) in [5.74, 6) is -1.02. The predicted octanol–water partition coefficient (Wildman–Crippen LogP) is 4.55. The molecule has 8 nitrogen and oxygen atoms in total. The van der Waals surface area contributed by atoms with E-state index in [-0.39, 0.29) is 12.8 Å². The fourth-order valence-corrected chi connectivity index (χ4v) is 4.64. The molecular weight excluding hydrogens is 484 g/mol. The zero-order valence-electron chi connectivity index (χ0n) is 22.1. The van der Waals surface area contributed by atoms with Crippen molar-refractivity contribution in [1.29, 1.82) is 0 Å². The monoisotopic (exact) mass is 518 g/mol. The number of amides is 2. The van der Waals surface area contributed by atoms with Gasteiger partial charge in [-0.25, -0.2) is 0 Å². The van der Waals surface area contributed by atoms with Gasteiger partial charge in [-0.05, 0) is 67.6 Å². The number of methoxy groups -OCH3 is 2. The molecule has 38 heavy (non-hydrogen) atoms. The van der Waals surface area contributed by atoms with Gasteiger partial charge < -0.3 is 25.2 Å². The van der Waals surface area contributed by atoms with Gasteiger partial charge in [0.25, 0.3) is 5.91 Å². The van der Waals surface area contributed by atoms with Crippen LogP contribution in [-0.4, -0.2) is 53.6 Å². The minimum atomic E-state index is -1.09. The van der Waals surface area contributed by atoms with E-state index in [9.17, 15) is 19.5 Å². The number of hydrogen-bond donors (Lipinski definition) is 2. The Hall–Kier alpha value is -4.33. The second-order valence-corrected chi connectivity index (χ2v) is 9.65. The minimum absolute atomic E-state index is 0.0850. The molecule has 0 radical (unpaired) electrons. The molecule has 0 fully saturated rings. The van der Waals surface area contributed by atoms with Crippen LogP contribution < -0.4 is 15.2 Å². The van der Waals surface area contributed by atoms with E-state index in [0.29, 0.717) is 23.5 Å². The van der Waals surface area contributed by atoms with Crippen molar-refractivity contribution in [2.24, 2.45) is 5.73 Å². The zero-order valence-corrected chi connectivity index (χ0v) is 22.1. The van der Waals surface area contributed by atoms with Crippen molar-refractivity contribution >= 4 is 17.8 Å². The Labute approximate surface area is 223 Å². The average molecular weight is 519 g/mol. The van der Waals surface area contributed by atoms with Crippen LogP contribution in [0.15, 0.2) is 72.8 Å². The SMILES string of the molecule is COc1ccc(-c2ccc(C(=O)N([C@@H](CCC(=O)O)C(N)=O)C(C)(C)Cc3ccccc3)cc2)cc1OC. The van der Waals surface area contributed by atoms with E-state index in [1.807, 2.05) is 68.4 Å². The molecule has 3 aromatic carbocycles. The second-order valence-electron chi connectivity index (χ2n) is 9.65. The highest BCUT2D eigenvalue weighted by Crippen LogP contribution is 2.33. The highest BCUT2D eigenvalue weighted by Gasteiger charge is 2.39. The number of carboxylic acid groups (broad SMARTS) is 1. The molecule has 0 saturated carbocycles. The van der Waals surface area contributed by atoms with Gasteiger partial charge in [0.2, 0.25) is 5.91 Å². The number of primary amides is 1. The van der Waals surface area contributed by atoms with Crippen LogP contribution in [0.1, 0.15) is 42.6 Å². The lowest BCUT2D eigenvalue weighted by atomic mass is 9.89. The molecule has 0 bridgehead atoms. The standard InChI is InChI=1S/C30H34N2O6/c1-30(2,19-20-8-6-5-7-9-20)32(24(28(31)35)15-17-27(33)34)29(36)22-12-10-21(11-13-22)23-14-16-25(37-3)26(18-23)38-4/h5-14,16,18,24H,15,17,19H2,1-4H3,(H2,31,35)(H,33,34)/t24-/m0/s1. The van der Waals surface area contributed by atoms with E-state index in [4.69, 9.17) is 15.2 Å². The highest BCUT2D eigenvalue weighted by atomic mass is 16.5. The van der Waals surface area contributed by atoms with Crippen molar-refractivity contribution < 1.29 is 29.0 Å². The van der Waals surface area contributed by atoms with Gasteiger partial charge in [0.15, 0.2) is 11.5 Å². The number of carboxylic acids is 1. The molecule has 200 valence electrons. The molecule has 0 saturated heterocycles. The second kappa shape index (κ2) is 12.3. The number of aliphatic carboxylic acids is 1. The Morgan fingerprint density at radius 3 is 2.05 bits per heavy atom. The van der Waals surface area contributed by atoms with Crippen molar-refractivity contribution in [2.75, 3.05) is 14.2 Å². The molecule has 3 aromatic rings. The van der Waals surface area contributed by atoms with Crippen LogP contribution in [0.5, 0.6) is 11.5 Å². The summed E-state index contributed by atoms with van der Waals surface area (Å²) in [6.45, 7) is 3.71. The molecule has 3 N–H and O–H groups in total. The van der Waals surface area contributed by atoms with Gasteiger partial charge in [-0.3, -0.25) is 14.4 Å². The van der Waals surface area contributed by atoms with E-state index < -0.39 is 29.4 Å². The van der Waals surface area contributed by atoms with Crippen molar-refractivity contribution in [3.05, 3.63) is 83.9 Å². The first-order valence-electron chi connectivity index (χ1n) is 12.3. The normalized spacial score (nSPS) is 11.9. The first-order chi connectivity index (χ1) is 18.1. The minimum Gasteiger partial charge on any atom is -0.493 e. The molecule has 3 rings (SSSR count). The van der Waals surface area contributed by atoms with Gasteiger partial charge >= 0.3 is 5.97 Å². The summed E-state index contributed by atoms with van der Waals surface area (Å²) in [6, 6.07) is 21.0. The van der Waals surface area contributed by atoms with Crippen LogP contribution in [0, 0.1) is 0 Å². The van der Waals surface area contributed by atoms with E-state index in [1.54, 1.807) is 32.4 Å². The van der Waals surface area contributed by atoms with Crippen LogP contribution in [0.25, 0.3) is 11.1 Å². The fourth-order valence-electron chi connectivity index (χ4n) is 4.64. The van der Waals surface area contributed by atoms with Crippen molar-refractivity contribution in [1.82, 2.24) is 4.90 Å². The molecule has 0 unspecified atom stereocenters. The molecular formula is C30H34N2O6. The van der Waals surface area contributed by atoms with Crippen molar-refractivity contribution in [3.63, 3.8) is 0 Å². The summed E-state index contributed by atoms with van der Waals surface area (Å²) in [5, 5.41) is 9.26. The van der Waals surface area contributed by atoms with Gasteiger partial charge in [-0.2, -0.15) is 0 Å². The maximum Gasteiger partial charge on any atom is 0.303 e. The van der Waals surface area contributed by atoms with Crippen LogP contribution in [0.2, 0.25) is 0 Å². The van der Waals surface area contributed by atoms with Crippen molar-refractivity contribution in [3.8, 4) is 22.6 Å². The van der Waals surface area contributed by atoms with Gasteiger partial charge in [-0.15, -0.1) is 0 Å². The Morgan fingerprint density at radius 2 is 1.50 bits per heavy atom. The van der Waals surface area contributed by atoms with Crippen molar-refractivity contribution in [2.45, 2.75) is 44.7 Å². The number of benzene rings is 3. The average Bonchev–Trinajstić information content (AvgIpc) is 2.90. The lowest BCUT2D eigenvalue weighted by Gasteiger charge is -2.43.